The van der Waals surface area contributed by atoms with Crippen LogP contribution in [0.3, 0.4) is 0 Å². The molecule has 1 N–H and O–H groups in total. The molecule has 0 spiro atoms. The van der Waals surface area contributed by atoms with Gasteiger partial charge in [0.05, 0.1) is 24.8 Å². The molecule has 0 radical (unpaired) electrons. The Kier molecular flexibility index (Phi) is 5.42. The highest BCUT2D eigenvalue weighted by atomic mass is 16.1. The summed E-state index contributed by atoms with van der Waals surface area (Å²) in [5.74, 6) is -0.0683. The molecule has 0 saturated heterocycles. The number of nitrogens with one attached hydrogen (secondary N) is 1. The second-order valence-electron chi connectivity index (χ2n) is 6.69. The van der Waals surface area contributed by atoms with Gasteiger partial charge in [0.2, 0.25) is 11.3 Å². The Bertz CT molecular complexity index is 1170. The molecular weight excluding hydrogens is 368 g/mol. The molecule has 29 heavy (non-hydrogen) atoms. The lowest BCUT2D eigenvalue weighted by atomic mass is 10.1. The highest BCUT2D eigenvalue weighted by Crippen LogP contribution is 2.09. The quantitative estimate of drug-likeness (QED) is 0.520. The molecule has 2 aromatic carbocycles. The van der Waals surface area contributed by atoms with Crippen LogP contribution in [0, 0.1) is 0 Å². The van der Waals surface area contributed by atoms with Crippen molar-refractivity contribution in [3.63, 3.8) is 0 Å². The Hall–Kier alpha value is -3.81. The molecule has 1 amide bonds. The minimum atomic E-state index is -0.117. The van der Waals surface area contributed by atoms with Gasteiger partial charge >= 0.3 is 0 Å². The number of hydrogen-bond donors (Lipinski definition) is 1. The Labute approximate surface area is 166 Å². The highest BCUT2D eigenvalue weighted by Gasteiger charge is 2.07. The van der Waals surface area contributed by atoms with E-state index in [2.05, 4.69) is 20.5 Å². The van der Waals surface area contributed by atoms with Crippen molar-refractivity contribution >= 4 is 16.8 Å². The first-order valence-electron chi connectivity index (χ1n) is 9.31. The minimum absolute atomic E-state index is 0.0683. The van der Waals surface area contributed by atoms with Crippen LogP contribution in [-0.4, -0.2) is 30.5 Å². The SMILES string of the molecule is O=C(CCn1ncc(=O)c2ccccc21)NCc1ccc(Cn2cncn2)cc1. The lowest BCUT2D eigenvalue weighted by molar-refractivity contribution is -0.121. The average Bonchev–Trinajstić information content (AvgIpc) is 3.26. The van der Waals surface area contributed by atoms with Crippen LogP contribution in [0.1, 0.15) is 17.5 Å². The van der Waals surface area contributed by atoms with Crippen LogP contribution >= 0.6 is 0 Å². The van der Waals surface area contributed by atoms with Crippen LogP contribution in [0.15, 0.2) is 72.2 Å². The summed E-state index contributed by atoms with van der Waals surface area (Å²) in [5, 5.41) is 11.8. The monoisotopic (exact) mass is 388 g/mol. The van der Waals surface area contributed by atoms with Crippen molar-refractivity contribution in [1.29, 1.82) is 0 Å². The van der Waals surface area contributed by atoms with Gasteiger partial charge in [0.25, 0.3) is 0 Å². The highest BCUT2D eigenvalue weighted by molar-refractivity contribution is 5.79. The van der Waals surface area contributed by atoms with E-state index in [1.165, 1.54) is 12.5 Å². The first kappa shape index (κ1) is 18.5. The second kappa shape index (κ2) is 8.47. The zero-order valence-electron chi connectivity index (χ0n) is 15.7. The summed E-state index contributed by atoms with van der Waals surface area (Å²) in [4.78, 5) is 28.0. The van der Waals surface area contributed by atoms with E-state index in [0.717, 1.165) is 16.6 Å². The Balaban J connectivity index is 1.30. The molecule has 0 saturated carbocycles. The van der Waals surface area contributed by atoms with Crippen LogP contribution in [0.5, 0.6) is 0 Å². The lowest BCUT2D eigenvalue weighted by Gasteiger charge is -2.10. The Morgan fingerprint density at radius 3 is 2.59 bits per heavy atom. The molecule has 2 aromatic heterocycles. The predicted octanol–water partition coefficient (Wildman–Crippen LogP) is 1.74. The molecule has 8 heteroatoms. The summed E-state index contributed by atoms with van der Waals surface area (Å²) >= 11 is 0. The van der Waals surface area contributed by atoms with Gasteiger partial charge in [-0.15, -0.1) is 0 Å². The molecule has 0 aliphatic heterocycles. The summed E-state index contributed by atoms with van der Waals surface area (Å²) in [6.45, 7) is 1.53. The van der Waals surface area contributed by atoms with E-state index in [-0.39, 0.29) is 17.8 Å². The van der Waals surface area contributed by atoms with Crippen LogP contribution in [-0.2, 0) is 24.4 Å². The van der Waals surface area contributed by atoms with Gasteiger partial charge in [-0.1, -0.05) is 36.4 Å². The summed E-state index contributed by atoms with van der Waals surface area (Å²) in [6, 6.07) is 15.3. The number of para-hydroxylation sites is 1. The van der Waals surface area contributed by atoms with Crippen molar-refractivity contribution in [2.45, 2.75) is 26.1 Å². The van der Waals surface area contributed by atoms with Crippen molar-refractivity contribution in [3.05, 3.63) is 88.7 Å². The van der Waals surface area contributed by atoms with Crippen molar-refractivity contribution in [1.82, 2.24) is 29.9 Å². The van der Waals surface area contributed by atoms with Crippen molar-refractivity contribution in [2.24, 2.45) is 0 Å². The molecule has 8 nitrogen and oxygen atoms in total. The number of aromatic nitrogens is 5. The molecule has 0 aliphatic carbocycles. The number of carbonyl (C=O) groups is 1. The Morgan fingerprint density at radius 1 is 1.00 bits per heavy atom. The second-order valence-corrected chi connectivity index (χ2v) is 6.69. The van der Waals surface area contributed by atoms with E-state index in [0.29, 0.717) is 25.0 Å². The maximum atomic E-state index is 12.2. The lowest BCUT2D eigenvalue weighted by Crippen LogP contribution is -2.24. The third-order valence-corrected chi connectivity index (χ3v) is 4.64. The standard InChI is InChI=1S/C21H20N6O2/c28-20-12-24-27(19-4-2-1-3-18(19)20)10-9-21(29)23-11-16-5-7-17(8-6-16)13-26-15-22-14-25-26/h1-8,12,14-15H,9-11,13H2,(H,23,29). The molecule has 0 aliphatic rings. The zero-order valence-corrected chi connectivity index (χ0v) is 15.7. The molecule has 4 rings (SSSR count). The average molecular weight is 388 g/mol. The third-order valence-electron chi connectivity index (χ3n) is 4.64. The van der Waals surface area contributed by atoms with Crippen LogP contribution in [0.2, 0.25) is 0 Å². The number of nitrogens with zero attached hydrogens (tertiary/aromatic N) is 5. The molecule has 0 fully saturated rings. The molecule has 0 bridgehead atoms. The smallest absolute Gasteiger partial charge is 0.222 e. The van der Waals surface area contributed by atoms with Crippen molar-refractivity contribution in [3.8, 4) is 0 Å². The molecule has 2 heterocycles. The van der Waals surface area contributed by atoms with Gasteiger partial charge in [-0.25, -0.2) is 9.67 Å². The largest absolute Gasteiger partial charge is 0.352 e. The maximum absolute atomic E-state index is 12.2. The number of amides is 1. The van der Waals surface area contributed by atoms with E-state index >= 15 is 0 Å². The summed E-state index contributed by atoms with van der Waals surface area (Å²) < 4.78 is 3.45. The van der Waals surface area contributed by atoms with Crippen LogP contribution < -0.4 is 10.7 Å². The number of fused-ring (bicyclic) bond motifs is 1. The van der Waals surface area contributed by atoms with Gasteiger partial charge in [0.1, 0.15) is 12.7 Å². The van der Waals surface area contributed by atoms with E-state index < -0.39 is 0 Å². The normalized spacial score (nSPS) is 10.9. The van der Waals surface area contributed by atoms with E-state index in [4.69, 9.17) is 0 Å². The summed E-state index contributed by atoms with van der Waals surface area (Å²) in [6.07, 6.45) is 4.76. The van der Waals surface area contributed by atoms with E-state index in [9.17, 15) is 9.59 Å². The first-order chi connectivity index (χ1) is 14.2. The van der Waals surface area contributed by atoms with Crippen LogP contribution in [0.25, 0.3) is 10.9 Å². The summed E-state index contributed by atoms with van der Waals surface area (Å²) in [7, 11) is 0. The molecular formula is C21H20N6O2. The molecule has 0 unspecified atom stereocenters. The van der Waals surface area contributed by atoms with Gasteiger partial charge in [0.15, 0.2) is 0 Å². The molecule has 146 valence electrons. The zero-order chi connectivity index (χ0) is 20.1. The fourth-order valence-electron chi connectivity index (χ4n) is 3.10. The summed E-state index contributed by atoms with van der Waals surface area (Å²) in [5.41, 5.74) is 2.75. The molecule has 4 aromatic rings. The predicted molar refractivity (Wildman–Crippen MR) is 108 cm³/mol. The molecule has 0 atom stereocenters. The number of hydrogen-bond acceptors (Lipinski definition) is 5. The minimum Gasteiger partial charge on any atom is -0.352 e. The Morgan fingerprint density at radius 2 is 1.79 bits per heavy atom. The van der Waals surface area contributed by atoms with Gasteiger partial charge in [0, 0.05) is 18.4 Å². The number of carbonyl (C=O) groups excluding carboxylic acids is 1. The van der Waals surface area contributed by atoms with Gasteiger partial charge in [-0.3, -0.25) is 14.3 Å². The fraction of sp³-hybridized carbons (Fsp3) is 0.190. The van der Waals surface area contributed by atoms with Crippen molar-refractivity contribution < 1.29 is 4.79 Å². The van der Waals surface area contributed by atoms with E-state index in [1.807, 2.05) is 42.5 Å². The van der Waals surface area contributed by atoms with Gasteiger partial charge in [-0.05, 0) is 23.3 Å². The van der Waals surface area contributed by atoms with Crippen LogP contribution in [0.4, 0.5) is 0 Å². The number of rotatable bonds is 7. The fourth-order valence-corrected chi connectivity index (χ4v) is 3.10. The first-order valence-corrected chi connectivity index (χ1v) is 9.31. The topological polar surface area (TPSA) is 94.7 Å². The van der Waals surface area contributed by atoms with Crippen molar-refractivity contribution in [2.75, 3.05) is 0 Å². The maximum Gasteiger partial charge on any atom is 0.222 e. The van der Waals surface area contributed by atoms with Gasteiger partial charge < -0.3 is 5.32 Å². The number of benzene rings is 2. The van der Waals surface area contributed by atoms with E-state index in [1.54, 1.807) is 21.8 Å². The third kappa shape index (κ3) is 4.55. The number of aryl methyl sites for hydroxylation is 1. The van der Waals surface area contributed by atoms with Gasteiger partial charge in [-0.2, -0.15) is 10.2 Å².